The second-order valence-electron chi connectivity index (χ2n) is 4.05. The Labute approximate surface area is 131 Å². The fraction of sp³-hybridized carbons (Fsp3) is 0.143. The van der Waals surface area contributed by atoms with E-state index in [0.29, 0.717) is 10.0 Å². The maximum atomic E-state index is 6.02. The molecule has 0 aromatic heterocycles. The standard InChI is InChI=1S/C14H12Cl2IN/c1-9(10-2-7-13(15)14(16)8-10)18-12-5-3-11(17)4-6-12/h2-9,18H,1H3. The van der Waals surface area contributed by atoms with Crippen molar-refractivity contribution in [3.05, 3.63) is 61.6 Å². The lowest BCUT2D eigenvalue weighted by Gasteiger charge is -2.16. The first-order chi connectivity index (χ1) is 8.56. The molecule has 2 aromatic carbocycles. The van der Waals surface area contributed by atoms with Crippen molar-refractivity contribution in [3.8, 4) is 0 Å². The molecular formula is C14H12Cl2IN. The summed E-state index contributed by atoms with van der Waals surface area (Å²) in [4.78, 5) is 0. The zero-order chi connectivity index (χ0) is 13.1. The minimum atomic E-state index is 0.180. The Morgan fingerprint density at radius 3 is 2.28 bits per heavy atom. The highest BCUT2D eigenvalue weighted by Gasteiger charge is 2.07. The Morgan fingerprint density at radius 1 is 1.00 bits per heavy atom. The molecule has 2 aromatic rings. The maximum absolute atomic E-state index is 6.02. The molecule has 1 atom stereocenters. The molecule has 0 bridgehead atoms. The number of hydrogen-bond acceptors (Lipinski definition) is 1. The van der Waals surface area contributed by atoms with E-state index in [1.54, 1.807) is 0 Å². The van der Waals surface area contributed by atoms with Crippen LogP contribution in [0.4, 0.5) is 5.69 Å². The molecular weight excluding hydrogens is 380 g/mol. The van der Waals surface area contributed by atoms with E-state index in [0.717, 1.165) is 11.3 Å². The third-order valence-corrected chi connectivity index (χ3v) is 4.13. The highest BCUT2D eigenvalue weighted by atomic mass is 127. The van der Waals surface area contributed by atoms with Crippen LogP contribution in [0.5, 0.6) is 0 Å². The molecule has 0 aliphatic carbocycles. The molecule has 0 saturated carbocycles. The molecule has 1 N–H and O–H groups in total. The second-order valence-corrected chi connectivity index (χ2v) is 6.11. The minimum absolute atomic E-state index is 0.180. The van der Waals surface area contributed by atoms with Crippen molar-refractivity contribution in [2.45, 2.75) is 13.0 Å². The molecule has 18 heavy (non-hydrogen) atoms. The topological polar surface area (TPSA) is 12.0 Å². The van der Waals surface area contributed by atoms with Crippen molar-refractivity contribution in [3.63, 3.8) is 0 Å². The van der Waals surface area contributed by atoms with Gasteiger partial charge in [-0.15, -0.1) is 0 Å². The largest absolute Gasteiger partial charge is 0.379 e. The molecule has 0 spiro atoms. The number of hydrogen-bond donors (Lipinski definition) is 1. The highest BCUT2D eigenvalue weighted by Crippen LogP contribution is 2.27. The summed E-state index contributed by atoms with van der Waals surface area (Å²) >= 11 is 14.2. The Balaban J connectivity index is 2.13. The molecule has 1 unspecified atom stereocenters. The monoisotopic (exact) mass is 391 g/mol. The summed E-state index contributed by atoms with van der Waals surface area (Å²) < 4.78 is 1.22. The van der Waals surface area contributed by atoms with Crippen LogP contribution in [0.15, 0.2) is 42.5 Å². The van der Waals surface area contributed by atoms with Gasteiger partial charge in [0.1, 0.15) is 0 Å². The van der Waals surface area contributed by atoms with Crippen molar-refractivity contribution >= 4 is 51.5 Å². The molecule has 0 saturated heterocycles. The molecule has 1 nitrogen and oxygen atoms in total. The normalized spacial score (nSPS) is 12.2. The van der Waals surface area contributed by atoms with Gasteiger partial charge in [-0.05, 0) is 71.5 Å². The first kappa shape index (κ1) is 14.0. The number of anilines is 1. The van der Waals surface area contributed by atoms with Crippen LogP contribution in [-0.2, 0) is 0 Å². The molecule has 0 heterocycles. The van der Waals surface area contributed by atoms with E-state index in [9.17, 15) is 0 Å². The Kier molecular flexibility index (Phi) is 4.76. The fourth-order valence-corrected chi connectivity index (χ4v) is 2.33. The predicted octanol–water partition coefficient (Wildman–Crippen LogP) is 5.77. The molecule has 0 aliphatic heterocycles. The summed E-state index contributed by atoms with van der Waals surface area (Å²) in [7, 11) is 0. The Hall–Kier alpha value is -0.450. The second kappa shape index (κ2) is 6.13. The van der Waals surface area contributed by atoms with E-state index in [1.807, 2.05) is 18.2 Å². The third-order valence-electron chi connectivity index (χ3n) is 2.67. The third kappa shape index (κ3) is 3.53. The molecule has 0 fully saturated rings. The van der Waals surface area contributed by atoms with Gasteiger partial charge in [0.2, 0.25) is 0 Å². The predicted molar refractivity (Wildman–Crippen MR) is 87.7 cm³/mol. The summed E-state index contributed by atoms with van der Waals surface area (Å²) in [5.41, 5.74) is 2.21. The van der Waals surface area contributed by atoms with Crippen LogP contribution < -0.4 is 5.32 Å². The van der Waals surface area contributed by atoms with Crippen LogP contribution in [-0.4, -0.2) is 0 Å². The van der Waals surface area contributed by atoms with Gasteiger partial charge in [0.15, 0.2) is 0 Å². The lowest BCUT2D eigenvalue weighted by atomic mass is 10.1. The van der Waals surface area contributed by atoms with Gasteiger partial charge < -0.3 is 5.32 Å². The van der Waals surface area contributed by atoms with Crippen LogP contribution in [0, 0.1) is 3.57 Å². The zero-order valence-corrected chi connectivity index (χ0v) is 13.4. The van der Waals surface area contributed by atoms with Gasteiger partial charge >= 0.3 is 0 Å². The van der Waals surface area contributed by atoms with Crippen LogP contribution in [0.1, 0.15) is 18.5 Å². The number of nitrogens with one attached hydrogen (secondary N) is 1. The Bertz CT molecular complexity index is 540. The van der Waals surface area contributed by atoms with Gasteiger partial charge in [0, 0.05) is 15.3 Å². The Morgan fingerprint density at radius 2 is 1.67 bits per heavy atom. The lowest BCUT2D eigenvalue weighted by Crippen LogP contribution is -2.06. The summed E-state index contributed by atoms with van der Waals surface area (Å²) in [6, 6.07) is 14.2. The van der Waals surface area contributed by atoms with E-state index < -0.39 is 0 Å². The quantitative estimate of drug-likeness (QED) is 0.654. The maximum Gasteiger partial charge on any atom is 0.0595 e. The molecule has 0 aliphatic rings. The number of halogens is 3. The molecule has 2 rings (SSSR count). The van der Waals surface area contributed by atoms with Crippen molar-refractivity contribution in [2.24, 2.45) is 0 Å². The van der Waals surface area contributed by atoms with Crippen molar-refractivity contribution in [1.82, 2.24) is 0 Å². The van der Waals surface area contributed by atoms with E-state index >= 15 is 0 Å². The van der Waals surface area contributed by atoms with Gasteiger partial charge in [-0.2, -0.15) is 0 Å². The van der Waals surface area contributed by atoms with Crippen LogP contribution in [0.3, 0.4) is 0 Å². The summed E-state index contributed by atoms with van der Waals surface area (Å²) in [5.74, 6) is 0. The highest BCUT2D eigenvalue weighted by molar-refractivity contribution is 14.1. The minimum Gasteiger partial charge on any atom is -0.379 e. The number of rotatable bonds is 3. The van der Waals surface area contributed by atoms with Crippen LogP contribution >= 0.6 is 45.8 Å². The van der Waals surface area contributed by atoms with E-state index in [-0.39, 0.29) is 6.04 Å². The van der Waals surface area contributed by atoms with Gasteiger partial charge in [-0.1, -0.05) is 29.3 Å². The van der Waals surface area contributed by atoms with Crippen LogP contribution in [0.25, 0.3) is 0 Å². The molecule has 4 heteroatoms. The first-order valence-corrected chi connectivity index (χ1v) is 7.37. The van der Waals surface area contributed by atoms with Gasteiger partial charge in [0.25, 0.3) is 0 Å². The smallest absolute Gasteiger partial charge is 0.0595 e. The lowest BCUT2D eigenvalue weighted by molar-refractivity contribution is 0.885. The molecule has 0 amide bonds. The van der Waals surface area contributed by atoms with Crippen molar-refractivity contribution < 1.29 is 0 Å². The SMILES string of the molecule is CC(Nc1ccc(I)cc1)c1ccc(Cl)c(Cl)c1. The summed E-state index contributed by atoms with van der Waals surface area (Å²) in [6.07, 6.45) is 0. The summed E-state index contributed by atoms with van der Waals surface area (Å²) in [5, 5.41) is 4.60. The fourth-order valence-electron chi connectivity index (χ4n) is 1.66. The average Bonchev–Trinajstić information content (AvgIpc) is 2.35. The van der Waals surface area contributed by atoms with Crippen molar-refractivity contribution in [2.75, 3.05) is 5.32 Å². The van der Waals surface area contributed by atoms with Gasteiger partial charge in [0.05, 0.1) is 10.0 Å². The van der Waals surface area contributed by atoms with E-state index in [2.05, 4.69) is 59.1 Å². The van der Waals surface area contributed by atoms with Gasteiger partial charge in [-0.25, -0.2) is 0 Å². The molecule has 94 valence electrons. The molecule has 0 radical (unpaired) electrons. The van der Waals surface area contributed by atoms with Crippen LogP contribution in [0.2, 0.25) is 10.0 Å². The van der Waals surface area contributed by atoms with E-state index in [1.165, 1.54) is 3.57 Å². The average molecular weight is 392 g/mol. The number of benzene rings is 2. The van der Waals surface area contributed by atoms with Crippen molar-refractivity contribution in [1.29, 1.82) is 0 Å². The zero-order valence-electron chi connectivity index (χ0n) is 9.75. The van der Waals surface area contributed by atoms with Gasteiger partial charge in [-0.3, -0.25) is 0 Å². The summed E-state index contributed by atoms with van der Waals surface area (Å²) in [6.45, 7) is 2.09. The van der Waals surface area contributed by atoms with E-state index in [4.69, 9.17) is 23.2 Å². The first-order valence-electron chi connectivity index (χ1n) is 5.53.